The number of para-hydroxylation sites is 4. The van der Waals surface area contributed by atoms with Crippen LogP contribution in [-0.2, 0) is 15.8 Å². The highest BCUT2D eigenvalue weighted by Crippen LogP contribution is 2.33. The molecule has 0 radical (unpaired) electrons. The van der Waals surface area contributed by atoms with E-state index in [0.29, 0.717) is 11.5 Å². The lowest BCUT2D eigenvalue weighted by Crippen LogP contribution is -2.26. The van der Waals surface area contributed by atoms with Crippen LogP contribution in [0, 0.1) is 0 Å². The van der Waals surface area contributed by atoms with Gasteiger partial charge in [0.2, 0.25) is 0 Å². The number of hydrogen-bond acceptors (Lipinski definition) is 4. The lowest BCUT2D eigenvalue weighted by Gasteiger charge is -2.15. The normalized spacial score (nSPS) is 10.7. The van der Waals surface area contributed by atoms with Gasteiger partial charge in [-0.2, -0.15) is 13.2 Å². The second kappa shape index (κ2) is 10.6. The molecule has 0 heterocycles. The Bertz CT molecular complexity index is 1160. The summed E-state index contributed by atoms with van der Waals surface area (Å²) in [5.41, 5.74) is -1.38. The first kappa shape index (κ1) is 24.4. The van der Waals surface area contributed by atoms with Crippen LogP contribution in [0.15, 0.2) is 78.4 Å². The first-order chi connectivity index (χ1) is 16.2. The first-order valence-electron chi connectivity index (χ1n) is 10.0. The first-order valence-corrected chi connectivity index (χ1v) is 10.0. The van der Waals surface area contributed by atoms with Crippen LogP contribution in [0.25, 0.3) is 6.08 Å². The number of carbonyl (C=O) groups excluding carboxylic acids is 2. The Kier molecular flexibility index (Phi) is 7.57. The van der Waals surface area contributed by atoms with Crippen molar-refractivity contribution in [3.63, 3.8) is 0 Å². The van der Waals surface area contributed by atoms with Gasteiger partial charge in [-0.15, -0.1) is 0 Å². The predicted octanol–water partition coefficient (Wildman–Crippen LogP) is 5.38. The highest BCUT2D eigenvalue weighted by molar-refractivity contribution is 6.29. The van der Waals surface area contributed by atoms with Crippen molar-refractivity contribution >= 4 is 29.3 Å². The standard InChI is InChI=1S/C25H21F3N2O4/c1-33-21-13-7-5-11-19(21)29-23(31)17(15-16-9-3-4-10-18(16)25(26,27)28)24(32)30-20-12-6-8-14-22(20)34-2/h3-15H,1-2H3,(H,29,31)(H,30,32). The van der Waals surface area contributed by atoms with E-state index in [-0.39, 0.29) is 16.9 Å². The summed E-state index contributed by atoms with van der Waals surface area (Å²) in [5, 5.41) is 5.06. The average Bonchev–Trinajstić information content (AvgIpc) is 2.82. The van der Waals surface area contributed by atoms with E-state index < -0.39 is 29.1 Å². The lowest BCUT2D eigenvalue weighted by atomic mass is 10.0. The third-order valence-electron chi connectivity index (χ3n) is 4.77. The number of anilines is 2. The molecule has 0 spiro atoms. The molecule has 0 fully saturated rings. The quantitative estimate of drug-likeness (QED) is 0.276. The summed E-state index contributed by atoms with van der Waals surface area (Å²) in [6, 6.07) is 17.5. The Hall–Kier alpha value is -4.27. The second-order valence-corrected chi connectivity index (χ2v) is 6.95. The number of methoxy groups -OCH3 is 2. The largest absolute Gasteiger partial charge is 0.495 e. The summed E-state index contributed by atoms with van der Waals surface area (Å²) in [6.45, 7) is 0. The molecule has 0 aliphatic carbocycles. The minimum absolute atomic E-state index is 0.245. The number of alkyl halides is 3. The smallest absolute Gasteiger partial charge is 0.416 e. The van der Waals surface area contributed by atoms with Gasteiger partial charge in [-0.25, -0.2) is 0 Å². The van der Waals surface area contributed by atoms with Crippen molar-refractivity contribution in [1.82, 2.24) is 0 Å². The minimum atomic E-state index is -4.68. The van der Waals surface area contributed by atoms with Gasteiger partial charge in [-0.05, 0) is 42.0 Å². The topological polar surface area (TPSA) is 76.7 Å². The number of benzene rings is 3. The zero-order valence-electron chi connectivity index (χ0n) is 18.3. The van der Waals surface area contributed by atoms with Gasteiger partial charge < -0.3 is 20.1 Å². The minimum Gasteiger partial charge on any atom is -0.495 e. The van der Waals surface area contributed by atoms with Crippen molar-refractivity contribution in [2.75, 3.05) is 24.9 Å². The fourth-order valence-corrected chi connectivity index (χ4v) is 3.15. The molecule has 0 saturated heterocycles. The summed E-state index contributed by atoms with van der Waals surface area (Å²) in [5.74, 6) is -1.21. The van der Waals surface area contributed by atoms with Crippen molar-refractivity contribution in [3.8, 4) is 11.5 Å². The second-order valence-electron chi connectivity index (χ2n) is 6.95. The monoisotopic (exact) mass is 470 g/mol. The van der Waals surface area contributed by atoms with Gasteiger partial charge in [0, 0.05) is 0 Å². The molecule has 176 valence electrons. The van der Waals surface area contributed by atoms with Crippen LogP contribution in [0.3, 0.4) is 0 Å². The van der Waals surface area contributed by atoms with E-state index in [1.807, 2.05) is 0 Å². The summed E-state index contributed by atoms with van der Waals surface area (Å²) in [7, 11) is 2.80. The van der Waals surface area contributed by atoms with Crippen molar-refractivity contribution < 1.29 is 32.2 Å². The number of nitrogens with one attached hydrogen (secondary N) is 2. The Morgan fingerprint density at radius 2 is 1.18 bits per heavy atom. The van der Waals surface area contributed by atoms with Gasteiger partial charge in [-0.1, -0.05) is 42.5 Å². The van der Waals surface area contributed by atoms with Gasteiger partial charge in [0.25, 0.3) is 11.8 Å². The summed E-state index contributed by atoms with van der Waals surface area (Å²) >= 11 is 0. The Balaban J connectivity index is 2.05. The fraction of sp³-hybridized carbons (Fsp3) is 0.120. The van der Waals surface area contributed by atoms with E-state index >= 15 is 0 Å². The molecular formula is C25H21F3N2O4. The molecule has 0 unspecified atom stereocenters. The van der Waals surface area contributed by atoms with Crippen LogP contribution in [0.4, 0.5) is 24.5 Å². The number of amides is 2. The van der Waals surface area contributed by atoms with Gasteiger partial charge >= 0.3 is 6.18 Å². The van der Waals surface area contributed by atoms with Gasteiger partial charge in [0.15, 0.2) is 0 Å². The van der Waals surface area contributed by atoms with Crippen LogP contribution < -0.4 is 20.1 Å². The number of rotatable bonds is 7. The predicted molar refractivity (Wildman–Crippen MR) is 123 cm³/mol. The maximum atomic E-state index is 13.5. The maximum absolute atomic E-state index is 13.5. The number of halogens is 3. The SMILES string of the molecule is COc1ccccc1NC(=O)C(=Cc1ccccc1C(F)(F)F)C(=O)Nc1ccccc1OC. The molecule has 6 nitrogen and oxygen atoms in total. The Labute approximate surface area is 194 Å². The molecule has 0 bridgehead atoms. The third-order valence-corrected chi connectivity index (χ3v) is 4.77. The molecule has 0 saturated carbocycles. The molecular weight excluding hydrogens is 449 g/mol. The van der Waals surface area contributed by atoms with E-state index in [2.05, 4.69) is 10.6 Å². The molecule has 34 heavy (non-hydrogen) atoms. The van der Waals surface area contributed by atoms with Gasteiger partial charge in [0.1, 0.15) is 17.1 Å². The molecule has 9 heteroatoms. The Morgan fingerprint density at radius 3 is 1.65 bits per heavy atom. The van der Waals surface area contributed by atoms with Crippen LogP contribution in [0.1, 0.15) is 11.1 Å². The highest BCUT2D eigenvalue weighted by Gasteiger charge is 2.33. The van der Waals surface area contributed by atoms with Crippen molar-refractivity contribution in [2.24, 2.45) is 0 Å². The molecule has 0 aliphatic heterocycles. The average molecular weight is 470 g/mol. The molecule has 3 rings (SSSR count). The maximum Gasteiger partial charge on any atom is 0.416 e. The van der Waals surface area contributed by atoms with Crippen LogP contribution in [0.2, 0.25) is 0 Å². The summed E-state index contributed by atoms with van der Waals surface area (Å²) in [6.07, 6.45) is -3.78. The molecule has 0 aliphatic rings. The van der Waals surface area contributed by atoms with Crippen LogP contribution >= 0.6 is 0 Å². The number of hydrogen-bond donors (Lipinski definition) is 2. The molecule has 2 N–H and O–H groups in total. The fourth-order valence-electron chi connectivity index (χ4n) is 3.15. The van der Waals surface area contributed by atoms with E-state index in [4.69, 9.17) is 9.47 Å². The van der Waals surface area contributed by atoms with Crippen molar-refractivity contribution in [1.29, 1.82) is 0 Å². The molecule has 0 aromatic heterocycles. The zero-order chi connectivity index (χ0) is 24.7. The molecule has 3 aromatic rings. The molecule has 3 aromatic carbocycles. The van der Waals surface area contributed by atoms with Crippen molar-refractivity contribution in [3.05, 3.63) is 89.5 Å². The third kappa shape index (κ3) is 5.74. The molecule has 0 atom stereocenters. The highest BCUT2D eigenvalue weighted by atomic mass is 19.4. The van der Waals surface area contributed by atoms with E-state index in [1.54, 1.807) is 36.4 Å². The Morgan fingerprint density at radius 1 is 0.735 bits per heavy atom. The summed E-state index contributed by atoms with van der Waals surface area (Å²) < 4.78 is 51.0. The zero-order valence-corrected chi connectivity index (χ0v) is 18.3. The lowest BCUT2D eigenvalue weighted by molar-refractivity contribution is -0.137. The summed E-state index contributed by atoms with van der Waals surface area (Å²) in [4.78, 5) is 26.2. The van der Waals surface area contributed by atoms with Crippen molar-refractivity contribution in [2.45, 2.75) is 6.18 Å². The van der Waals surface area contributed by atoms with E-state index in [1.165, 1.54) is 44.6 Å². The van der Waals surface area contributed by atoms with Crippen LogP contribution in [0.5, 0.6) is 11.5 Å². The number of ether oxygens (including phenoxy) is 2. The number of carbonyl (C=O) groups is 2. The van der Waals surface area contributed by atoms with E-state index in [9.17, 15) is 22.8 Å². The molecule has 2 amide bonds. The van der Waals surface area contributed by atoms with Crippen LogP contribution in [-0.4, -0.2) is 26.0 Å². The van der Waals surface area contributed by atoms with Gasteiger partial charge in [0.05, 0.1) is 31.2 Å². The van der Waals surface area contributed by atoms with E-state index in [0.717, 1.165) is 12.1 Å². The van der Waals surface area contributed by atoms with Gasteiger partial charge in [-0.3, -0.25) is 9.59 Å².